The number of hydrogen-bond acceptors (Lipinski definition) is 7. The van der Waals surface area contributed by atoms with Gasteiger partial charge in [0.25, 0.3) is 0 Å². The summed E-state index contributed by atoms with van der Waals surface area (Å²) >= 11 is 0. The summed E-state index contributed by atoms with van der Waals surface area (Å²) in [5.41, 5.74) is 0. The molecule has 0 spiro atoms. The van der Waals surface area contributed by atoms with Crippen LogP contribution in [0.1, 0.15) is 271 Å². The number of likely N-dealkylation sites (N-methyl/N-ethyl adjacent to an activating group) is 1. The highest BCUT2D eigenvalue weighted by molar-refractivity contribution is 7.47. The second-order valence-electron chi connectivity index (χ2n) is 21.4. The summed E-state index contributed by atoms with van der Waals surface area (Å²) in [6.07, 6.45) is 68.6. The topological polar surface area (TPSA) is 108 Å². The first kappa shape index (κ1) is 69.7. The number of phosphoric ester groups is 1. The second-order valence-corrected chi connectivity index (χ2v) is 22.8. The van der Waals surface area contributed by atoms with Gasteiger partial charge in [0.1, 0.15) is 19.8 Å². The van der Waals surface area contributed by atoms with Crippen molar-refractivity contribution < 1.29 is 42.1 Å². The molecule has 10 heteroatoms. The van der Waals surface area contributed by atoms with Crippen molar-refractivity contribution in [2.45, 2.75) is 277 Å². The van der Waals surface area contributed by atoms with Crippen molar-refractivity contribution in [3.8, 4) is 0 Å². The minimum absolute atomic E-state index is 0.0310. The number of hydrogen-bond donors (Lipinski definition) is 1. The third kappa shape index (κ3) is 57.0. The second kappa shape index (κ2) is 53.5. The van der Waals surface area contributed by atoms with Crippen molar-refractivity contribution in [3.63, 3.8) is 0 Å². The summed E-state index contributed by atoms with van der Waals surface area (Å²) in [6, 6.07) is 0. The molecule has 0 aromatic heterocycles. The largest absolute Gasteiger partial charge is 0.472 e. The van der Waals surface area contributed by atoms with E-state index in [-0.39, 0.29) is 25.6 Å². The lowest BCUT2D eigenvalue weighted by Crippen LogP contribution is -2.37. The molecule has 0 aliphatic rings. The Hall–Kier alpha value is -2.29. The summed E-state index contributed by atoms with van der Waals surface area (Å²) in [6.45, 7) is 4.35. The molecule has 0 fully saturated rings. The Morgan fingerprint density at radius 1 is 0.444 bits per heavy atom. The van der Waals surface area contributed by atoms with Crippen molar-refractivity contribution >= 4 is 19.8 Å². The van der Waals surface area contributed by atoms with E-state index in [1.807, 2.05) is 21.1 Å². The molecule has 0 bridgehead atoms. The maximum Gasteiger partial charge on any atom is 0.472 e. The molecule has 2 atom stereocenters. The minimum atomic E-state index is -4.39. The molecule has 72 heavy (non-hydrogen) atoms. The smallest absolute Gasteiger partial charge is 0.462 e. The molecule has 0 saturated carbocycles. The van der Waals surface area contributed by atoms with E-state index in [0.29, 0.717) is 23.9 Å². The van der Waals surface area contributed by atoms with Crippen LogP contribution in [-0.2, 0) is 32.7 Å². The first-order valence-corrected chi connectivity index (χ1v) is 31.5. The summed E-state index contributed by atoms with van der Waals surface area (Å²) in [7, 11) is 1.48. The van der Waals surface area contributed by atoms with Crippen LogP contribution in [0.25, 0.3) is 0 Å². The van der Waals surface area contributed by atoms with Crippen LogP contribution >= 0.6 is 7.82 Å². The molecule has 9 nitrogen and oxygen atoms in total. The number of ether oxygens (including phenoxy) is 2. The number of allylic oxidation sites excluding steroid dienone is 10. The fraction of sp³-hybridized carbons (Fsp3) is 0.806. The van der Waals surface area contributed by atoms with Crippen molar-refractivity contribution in [3.05, 3.63) is 60.8 Å². The predicted molar refractivity (Wildman–Crippen MR) is 307 cm³/mol. The van der Waals surface area contributed by atoms with Crippen LogP contribution in [0, 0.1) is 0 Å². The van der Waals surface area contributed by atoms with E-state index in [1.54, 1.807) is 0 Å². The van der Waals surface area contributed by atoms with Crippen LogP contribution < -0.4 is 0 Å². The van der Waals surface area contributed by atoms with Gasteiger partial charge in [-0.05, 0) is 57.8 Å². The first-order valence-electron chi connectivity index (χ1n) is 30.0. The Kier molecular flexibility index (Phi) is 51.8. The van der Waals surface area contributed by atoms with Gasteiger partial charge in [0.2, 0.25) is 0 Å². The Morgan fingerprint density at radius 3 is 1.18 bits per heavy atom. The summed E-state index contributed by atoms with van der Waals surface area (Å²) in [5.74, 6) is -0.790. The van der Waals surface area contributed by atoms with Gasteiger partial charge >= 0.3 is 19.8 Å². The lowest BCUT2D eigenvalue weighted by atomic mass is 10.0. The third-order valence-electron chi connectivity index (χ3n) is 13.1. The van der Waals surface area contributed by atoms with Gasteiger partial charge in [0.05, 0.1) is 27.7 Å². The molecule has 0 saturated heterocycles. The SMILES string of the molecule is CC/C=C\C/C=C\C/C=C\C/C=C\C/C=C\CCCCCCCCCCCCCC(=O)OC(COC(=O)CCCCCCCCCCCCCCCCCCCCCCC)COP(=O)(O)OCC[N+](C)(C)C. The predicted octanol–water partition coefficient (Wildman–Crippen LogP) is 18.7. The quantitative estimate of drug-likeness (QED) is 0.0211. The van der Waals surface area contributed by atoms with E-state index < -0.39 is 26.5 Å². The maximum absolute atomic E-state index is 12.8. The van der Waals surface area contributed by atoms with E-state index in [4.69, 9.17) is 18.5 Å². The van der Waals surface area contributed by atoms with Gasteiger partial charge in [-0.1, -0.05) is 261 Å². The van der Waals surface area contributed by atoms with Gasteiger partial charge in [-0.15, -0.1) is 0 Å². The van der Waals surface area contributed by atoms with E-state index in [2.05, 4.69) is 74.6 Å². The summed E-state index contributed by atoms with van der Waals surface area (Å²) < 4.78 is 34.6. The van der Waals surface area contributed by atoms with Gasteiger partial charge in [-0.25, -0.2) is 4.57 Å². The zero-order chi connectivity index (χ0) is 52.7. The van der Waals surface area contributed by atoms with Gasteiger partial charge in [0.15, 0.2) is 6.10 Å². The number of nitrogens with zero attached hydrogens (tertiary/aromatic N) is 1. The molecule has 420 valence electrons. The monoisotopic (exact) mass is 1030 g/mol. The molecular formula is C62H115NO8P+. The number of rotatable bonds is 55. The number of quaternary nitrogens is 1. The van der Waals surface area contributed by atoms with Crippen LogP contribution in [0.2, 0.25) is 0 Å². The normalized spacial score (nSPS) is 13.7. The van der Waals surface area contributed by atoms with Gasteiger partial charge in [0, 0.05) is 12.8 Å². The number of carbonyl (C=O) groups is 2. The lowest BCUT2D eigenvalue weighted by molar-refractivity contribution is -0.870. The average Bonchev–Trinajstić information content (AvgIpc) is 3.34. The average molecular weight is 1030 g/mol. The zero-order valence-electron chi connectivity index (χ0n) is 47.7. The van der Waals surface area contributed by atoms with Gasteiger partial charge in [-0.2, -0.15) is 0 Å². The Labute approximate surface area is 445 Å². The Bertz CT molecular complexity index is 1400. The third-order valence-corrected chi connectivity index (χ3v) is 14.0. The van der Waals surface area contributed by atoms with Crippen LogP contribution in [-0.4, -0.2) is 74.9 Å². The highest BCUT2D eigenvalue weighted by atomic mass is 31.2. The molecular weight excluding hydrogens is 918 g/mol. The van der Waals surface area contributed by atoms with Crippen LogP contribution in [0.5, 0.6) is 0 Å². The number of phosphoric acid groups is 1. The van der Waals surface area contributed by atoms with Crippen LogP contribution in [0.3, 0.4) is 0 Å². The van der Waals surface area contributed by atoms with Crippen LogP contribution in [0.4, 0.5) is 0 Å². The van der Waals surface area contributed by atoms with E-state index >= 15 is 0 Å². The van der Waals surface area contributed by atoms with Crippen molar-refractivity contribution in [1.82, 2.24) is 0 Å². The Morgan fingerprint density at radius 2 is 0.792 bits per heavy atom. The Balaban J connectivity index is 4.14. The van der Waals surface area contributed by atoms with Crippen molar-refractivity contribution in [2.75, 3.05) is 47.5 Å². The fourth-order valence-electron chi connectivity index (χ4n) is 8.46. The maximum atomic E-state index is 12.8. The van der Waals surface area contributed by atoms with E-state index in [9.17, 15) is 19.0 Å². The molecule has 0 rings (SSSR count). The van der Waals surface area contributed by atoms with Gasteiger partial charge in [-0.3, -0.25) is 18.6 Å². The van der Waals surface area contributed by atoms with Crippen molar-refractivity contribution in [2.24, 2.45) is 0 Å². The molecule has 0 amide bonds. The molecule has 0 radical (unpaired) electrons. The summed E-state index contributed by atoms with van der Waals surface area (Å²) in [4.78, 5) is 35.7. The highest BCUT2D eigenvalue weighted by Crippen LogP contribution is 2.43. The first-order chi connectivity index (χ1) is 35.0. The van der Waals surface area contributed by atoms with Crippen LogP contribution in [0.15, 0.2) is 60.8 Å². The van der Waals surface area contributed by atoms with E-state index in [0.717, 1.165) is 70.6 Å². The molecule has 2 unspecified atom stereocenters. The zero-order valence-corrected chi connectivity index (χ0v) is 48.6. The minimum Gasteiger partial charge on any atom is -0.462 e. The molecule has 0 aromatic carbocycles. The lowest BCUT2D eigenvalue weighted by Gasteiger charge is -2.24. The standard InChI is InChI=1S/C62H114NO8P/c1-6-8-10-12-14-16-18-20-22-24-26-28-29-30-31-32-33-35-37-39-41-43-45-47-49-51-53-55-62(65)71-60(59-70-72(66,67)69-57-56-63(3,4)5)58-68-61(64)54-52-50-48-46-44-42-40-38-36-34-27-25-23-21-19-17-15-13-11-9-7-2/h8,10,14,16,20,22,26,28,30-31,60H,6-7,9,11-13,15,17-19,21,23-25,27,29,32-59H2,1-5H3/p+1/b10-8-,16-14-,22-20-,28-26-,31-30-. The summed E-state index contributed by atoms with van der Waals surface area (Å²) in [5, 5.41) is 0. The highest BCUT2D eigenvalue weighted by Gasteiger charge is 2.27. The number of carbonyl (C=O) groups excluding carboxylic acids is 2. The molecule has 0 aliphatic carbocycles. The molecule has 0 heterocycles. The number of esters is 2. The van der Waals surface area contributed by atoms with E-state index in [1.165, 1.54) is 167 Å². The molecule has 0 aromatic rings. The van der Waals surface area contributed by atoms with Crippen molar-refractivity contribution in [1.29, 1.82) is 0 Å². The molecule has 0 aliphatic heterocycles. The number of unbranched alkanes of at least 4 members (excludes halogenated alkanes) is 31. The fourth-order valence-corrected chi connectivity index (χ4v) is 9.20. The molecule has 1 N–H and O–H groups in total. The van der Waals surface area contributed by atoms with Gasteiger partial charge < -0.3 is 18.9 Å².